The van der Waals surface area contributed by atoms with Crippen LogP contribution in [0.2, 0.25) is 0 Å². The van der Waals surface area contributed by atoms with E-state index in [1.165, 1.54) is 0 Å². The fourth-order valence-corrected chi connectivity index (χ4v) is 1.60. The summed E-state index contributed by atoms with van der Waals surface area (Å²) < 4.78 is 0. The summed E-state index contributed by atoms with van der Waals surface area (Å²) in [4.78, 5) is 12.0. The van der Waals surface area contributed by atoms with Crippen molar-refractivity contribution in [2.45, 2.75) is 6.92 Å². The summed E-state index contributed by atoms with van der Waals surface area (Å²) in [5.74, 6) is 0.213. The zero-order valence-corrected chi connectivity index (χ0v) is 10.9. The number of hydrogen-bond acceptors (Lipinski definition) is 5. The van der Waals surface area contributed by atoms with Gasteiger partial charge in [0.25, 0.3) is 5.91 Å². The molecule has 1 amide bonds. The van der Waals surface area contributed by atoms with E-state index in [0.29, 0.717) is 17.1 Å². The van der Waals surface area contributed by atoms with Crippen molar-refractivity contribution in [2.24, 2.45) is 0 Å². The van der Waals surface area contributed by atoms with E-state index in [4.69, 9.17) is 5.26 Å². The van der Waals surface area contributed by atoms with Crippen molar-refractivity contribution in [1.82, 2.24) is 10.2 Å². The number of para-hydroxylation sites is 1. The highest BCUT2D eigenvalue weighted by atomic mass is 16.1. The average Bonchev–Trinajstić information content (AvgIpc) is 2.49. The van der Waals surface area contributed by atoms with Gasteiger partial charge in [0.2, 0.25) is 0 Å². The number of carbonyl (C=O) groups excluding carboxylic acids is 1. The maximum absolute atomic E-state index is 12.0. The number of carbonyl (C=O) groups is 1. The second kappa shape index (κ2) is 6.29. The maximum atomic E-state index is 12.0. The molecular weight excluding hydrogens is 254 g/mol. The molecule has 0 spiro atoms. The number of nitrogens with one attached hydrogen (secondary N) is 2. The standard InChI is InChI=1S/C14H13N5O/c1-2-16-13-8-7-12(18-19-13)14(20)17-11-6-4-3-5-10(11)9-15/h3-8H,2H2,1H3,(H,16,19)(H,17,20). The zero-order chi connectivity index (χ0) is 14.4. The van der Waals surface area contributed by atoms with Crippen LogP contribution in [0.4, 0.5) is 11.5 Å². The molecule has 6 nitrogen and oxygen atoms in total. The number of anilines is 2. The van der Waals surface area contributed by atoms with E-state index in [2.05, 4.69) is 20.8 Å². The molecule has 0 aliphatic carbocycles. The van der Waals surface area contributed by atoms with Gasteiger partial charge in [-0.15, -0.1) is 10.2 Å². The van der Waals surface area contributed by atoms with Gasteiger partial charge in [0.05, 0.1) is 11.3 Å². The predicted octanol–water partition coefficient (Wildman–Crippen LogP) is 2.03. The molecular formula is C14H13N5O. The van der Waals surface area contributed by atoms with E-state index in [1.54, 1.807) is 36.4 Å². The number of benzene rings is 1. The third-order valence-corrected chi connectivity index (χ3v) is 2.55. The van der Waals surface area contributed by atoms with Crippen molar-refractivity contribution >= 4 is 17.4 Å². The molecule has 0 saturated carbocycles. The van der Waals surface area contributed by atoms with Crippen molar-refractivity contribution in [3.8, 4) is 6.07 Å². The third kappa shape index (κ3) is 3.09. The van der Waals surface area contributed by atoms with Gasteiger partial charge in [-0.05, 0) is 31.2 Å². The van der Waals surface area contributed by atoms with Gasteiger partial charge in [0.1, 0.15) is 11.9 Å². The molecule has 0 unspecified atom stereocenters. The Labute approximate surface area is 116 Å². The minimum absolute atomic E-state index is 0.194. The maximum Gasteiger partial charge on any atom is 0.276 e. The first-order valence-corrected chi connectivity index (χ1v) is 6.12. The molecule has 6 heteroatoms. The molecule has 0 radical (unpaired) electrons. The first kappa shape index (κ1) is 13.5. The summed E-state index contributed by atoms with van der Waals surface area (Å²) in [7, 11) is 0. The lowest BCUT2D eigenvalue weighted by Crippen LogP contribution is -2.15. The fourth-order valence-electron chi connectivity index (χ4n) is 1.60. The average molecular weight is 267 g/mol. The van der Waals surface area contributed by atoms with Gasteiger partial charge in [0, 0.05) is 6.54 Å². The van der Waals surface area contributed by atoms with E-state index in [0.717, 1.165) is 6.54 Å². The molecule has 1 aromatic heterocycles. The van der Waals surface area contributed by atoms with E-state index in [1.807, 2.05) is 13.0 Å². The molecule has 0 aliphatic rings. The number of nitriles is 1. The van der Waals surface area contributed by atoms with E-state index >= 15 is 0 Å². The van der Waals surface area contributed by atoms with Gasteiger partial charge in [-0.25, -0.2) is 0 Å². The van der Waals surface area contributed by atoms with E-state index in [-0.39, 0.29) is 5.69 Å². The number of rotatable bonds is 4. The lowest BCUT2D eigenvalue weighted by atomic mass is 10.2. The fraction of sp³-hybridized carbons (Fsp3) is 0.143. The number of amides is 1. The van der Waals surface area contributed by atoms with E-state index in [9.17, 15) is 4.79 Å². The summed E-state index contributed by atoms with van der Waals surface area (Å²) >= 11 is 0. The first-order chi connectivity index (χ1) is 9.74. The Morgan fingerprint density at radius 2 is 2.05 bits per heavy atom. The van der Waals surface area contributed by atoms with Gasteiger partial charge in [-0.3, -0.25) is 4.79 Å². The highest BCUT2D eigenvalue weighted by molar-refractivity contribution is 6.03. The van der Waals surface area contributed by atoms with Crippen LogP contribution in [0.25, 0.3) is 0 Å². The topological polar surface area (TPSA) is 90.7 Å². The van der Waals surface area contributed by atoms with E-state index < -0.39 is 5.91 Å². The van der Waals surface area contributed by atoms with Crippen molar-refractivity contribution in [3.05, 3.63) is 47.7 Å². The van der Waals surface area contributed by atoms with Crippen LogP contribution in [0.3, 0.4) is 0 Å². The Balaban J connectivity index is 2.14. The lowest BCUT2D eigenvalue weighted by Gasteiger charge is -2.06. The molecule has 0 aliphatic heterocycles. The summed E-state index contributed by atoms with van der Waals surface area (Å²) in [6.07, 6.45) is 0. The molecule has 0 atom stereocenters. The van der Waals surface area contributed by atoms with Crippen LogP contribution in [-0.4, -0.2) is 22.6 Å². The molecule has 2 rings (SSSR count). The number of hydrogen-bond donors (Lipinski definition) is 2. The summed E-state index contributed by atoms with van der Waals surface area (Å²) in [5, 5.41) is 22.3. The number of nitrogens with zero attached hydrogens (tertiary/aromatic N) is 3. The van der Waals surface area contributed by atoms with Gasteiger partial charge in [0.15, 0.2) is 5.69 Å². The highest BCUT2D eigenvalue weighted by Crippen LogP contribution is 2.14. The Morgan fingerprint density at radius 3 is 2.70 bits per heavy atom. The van der Waals surface area contributed by atoms with Crippen LogP contribution >= 0.6 is 0 Å². The zero-order valence-electron chi connectivity index (χ0n) is 10.9. The van der Waals surface area contributed by atoms with Crippen molar-refractivity contribution in [3.63, 3.8) is 0 Å². The first-order valence-electron chi connectivity index (χ1n) is 6.12. The second-order valence-electron chi connectivity index (χ2n) is 3.95. The second-order valence-corrected chi connectivity index (χ2v) is 3.95. The largest absolute Gasteiger partial charge is 0.369 e. The smallest absolute Gasteiger partial charge is 0.276 e. The van der Waals surface area contributed by atoms with Crippen molar-refractivity contribution < 1.29 is 4.79 Å². The van der Waals surface area contributed by atoms with Gasteiger partial charge in [-0.2, -0.15) is 5.26 Å². The molecule has 0 saturated heterocycles. The monoisotopic (exact) mass is 267 g/mol. The van der Waals surface area contributed by atoms with Crippen LogP contribution in [0.5, 0.6) is 0 Å². The van der Waals surface area contributed by atoms with Gasteiger partial charge < -0.3 is 10.6 Å². The van der Waals surface area contributed by atoms with Crippen molar-refractivity contribution in [2.75, 3.05) is 17.2 Å². The molecule has 2 N–H and O–H groups in total. The molecule has 100 valence electrons. The Morgan fingerprint density at radius 1 is 1.25 bits per heavy atom. The minimum Gasteiger partial charge on any atom is -0.369 e. The Hall–Kier alpha value is -2.94. The normalized spacial score (nSPS) is 9.60. The predicted molar refractivity (Wildman–Crippen MR) is 75.3 cm³/mol. The van der Waals surface area contributed by atoms with Crippen LogP contribution in [0.15, 0.2) is 36.4 Å². The third-order valence-electron chi connectivity index (χ3n) is 2.55. The Kier molecular flexibility index (Phi) is 4.24. The van der Waals surface area contributed by atoms with Crippen molar-refractivity contribution in [1.29, 1.82) is 5.26 Å². The summed E-state index contributed by atoms with van der Waals surface area (Å²) in [5.41, 5.74) is 1.05. The Bertz CT molecular complexity index is 645. The summed E-state index contributed by atoms with van der Waals surface area (Å²) in [6, 6.07) is 12.1. The molecule has 2 aromatic rings. The minimum atomic E-state index is -0.400. The SMILES string of the molecule is CCNc1ccc(C(=O)Nc2ccccc2C#N)nn1. The van der Waals surface area contributed by atoms with Crippen LogP contribution in [-0.2, 0) is 0 Å². The van der Waals surface area contributed by atoms with Gasteiger partial charge in [-0.1, -0.05) is 12.1 Å². The molecule has 1 aromatic carbocycles. The molecule has 1 heterocycles. The molecule has 20 heavy (non-hydrogen) atoms. The highest BCUT2D eigenvalue weighted by Gasteiger charge is 2.10. The lowest BCUT2D eigenvalue weighted by molar-refractivity contribution is 0.102. The molecule has 0 fully saturated rings. The van der Waals surface area contributed by atoms with Crippen LogP contribution < -0.4 is 10.6 Å². The quantitative estimate of drug-likeness (QED) is 0.884. The number of aromatic nitrogens is 2. The van der Waals surface area contributed by atoms with Gasteiger partial charge >= 0.3 is 0 Å². The summed E-state index contributed by atoms with van der Waals surface area (Å²) in [6.45, 7) is 2.68. The van der Waals surface area contributed by atoms with Crippen LogP contribution in [0, 0.1) is 11.3 Å². The molecule has 0 bridgehead atoms. The van der Waals surface area contributed by atoms with Crippen LogP contribution in [0.1, 0.15) is 23.0 Å².